The average Bonchev–Trinajstić information content (AvgIpc) is 3.56. The number of aliphatic hydroxyl groups is 1. The minimum atomic E-state index is -1.16. The second kappa shape index (κ2) is 9.14. The van der Waals surface area contributed by atoms with Crippen molar-refractivity contribution in [3.8, 4) is 11.3 Å². The van der Waals surface area contributed by atoms with Crippen molar-refractivity contribution in [3.05, 3.63) is 73.6 Å². The maximum atomic E-state index is 14.8. The summed E-state index contributed by atoms with van der Waals surface area (Å²) >= 11 is 16.3. The van der Waals surface area contributed by atoms with Gasteiger partial charge in [-0.05, 0) is 74.6 Å². The number of nitrogens with zero attached hydrogens (tertiary/aromatic N) is 1. The van der Waals surface area contributed by atoms with Gasteiger partial charge in [0.25, 0.3) is 0 Å². The summed E-state index contributed by atoms with van der Waals surface area (Å²) in [7, 11) is 0. The maximum Gasteiger partial charge on any atom is 0.145 e. The highest BCUT2D eigenvalue weighted by molar-refractivity contribution is 9.10. The molecule has 3 aromatic rings. The molecule has 2 atom stereocenters. The molecule has 184 valence electrons. The van der Waals surface area contributed by atoms with E-state index in [1.807, 2.05) is 0 Å². The Morgan fingerprint density at radius 2 is 1.77 bits per heavy atom. The van der Waals surface area contributed by atoms with Gasteiger partial charge in [-0.2, -0.15) is 0 Å². The molecule has 1 aromatic heterocycles. The molecule has 0 spiro atoms. The summed E-state index contributed by atoms with van der Waals surface area (Å²) in [6, 6.07) is 10.3. The first-order chi connectivity index (χ1) is 16.9. The Morgan fingerprint density at radius 1 is 1.09 bits per heavy atom. The van der Waals surface area contributed by atoms with Crippen LogP contribution in [0.4, 0.5) is 4.39 Å². The lowest BCUT2D eigenvalue weighted by atomic mass is 9.69. The van der Waals surface area contributed by atoms with E-state index < -0.39 is 5.60 Å². The summed E-state index contributed by atoms with van der Waals surface area (Å²) in [5, 5.41) is 17.1. The lowest BCUT2D eigenvalue weighted by Crippen LogP contribution is -2.45. The molecule has 6 rings (SSSR count). The Bertz CT molecular complexity index is 1240. The summed E-state index contributed by atoms with van der Waals surface area (Å²) < 4.78 is 27.7. The van der Waals surface area contributed by atoms with E-state index in [0.717, 1.165) is 37.0 Å². The second-order valence-corrected chi connectivity index (χ2v) is 11.8. The van der Waals surface area contributed by atoms with Gasteiger partial charge in [0, 0.05) is 27.1 Å². The minimum absolute atomic E-state index is 0.0391. The van der Waals surface area contributed by atoms with Gasteiger partial charge in [-0.3, -0.25) is 0 Å². The van der Waals surface area contributed by atoms with Crippen molar-refractivity contribution in [2.45, 2.75) is 62.8 Å². The van der Waals surface area contributed by atoms with Crippen molar-refractivity contribution in [2.75, 3.05) is 0 Å². The predicted octanol–water partition coefficient (Wildman–Crippen LogP) is 8.02. The van der Waals surface area contributed by atoms with Gasteiger partial charge in [-0.1, -0.05) is 56.4 Å². The van der Waals surface area contributed by atoms with Gasteiger partial charge in [0.2, 0.25) is 0 Å². The molecule has 2 bridgehead atoms. The van der Waals surface area contributed by atoms with Gasteiger partial charge < -0.3 is 14.4 Å². The summed E-state index contributed by atoms with van der Waals surface area (Å²) in [5.74, 6) is 0.736. The Labute approximate surface area is 221 Å². The van der Waals surface area contributed by atoms with Crippen LogP contribution in [-0.2, 0) is 16.9 Å². The van der Waals surface area contributed by atoms with Crippen LogP contribution in [-0.4, -0.2) is 16.4 Å². The lowest BCUT2D eigenvalue weighted by molar-refractivity contribution is -0.117. The molecule has 3 fully saturated rings. The molecule has 0 saturated heterocycles. The summed E-state index contributed by atoms with van der Waals surface area (Å²) in [6.45, 7) is 0.335. The Balaban J connectivity index is 1.24. The smallest absolute Gasteiger partial charge is 0.145 e. The molecule has 35 heavy (non-hydrogen) atoms. The predicted molar refractivity (Wildman–Crippen MR) is 136 cm³/mol. The molecule has 8 heteroatoms. The van der Waals surface area contributed by atoms with E-state index in [1.54, 1.807) is 30.3 Å². The van der Waals surface area contributed by atoms with E-state index in [0.29, 0.717) is 56.7 Å². The highest BCUT2D eigenvalue weighted by Crippen LogP contribution is 2.56. The third-order valence-electron chi connectivity index (χ3n) is 8.00. The molecule has 3 saturated carbocycles. The normalized spacial score (nSPS) is 28.0. The molecule has 3 aliphatic carbocycles. The zero-order chi connectivity index (χ0) is 24.3. The maximum absolute atomic E-state index is 14.8. The fourth-order valence-corrected chi connectivity index (χ4v) is 7.05. The standard InChI is InChI=1S/C27H25BrCl2FNO3/c28-17-8-9-20(23(31)12-17)27(33)15-6-7-16(27)11-18(10-15)34-13-19-25(32-35-26(19)14-4-5-14)24-21(29)2-1-3-22(24)30/h1-3,8-9,12,14-16,18,33H,4-7,10-11,13H2. The number of benzene rings is 2. The number of fused-ring (bicyclic) bond motifs is 2. The van der Waals surface area contributed by atoms with E-state index >= 15 is 0 Å². The minimum Gasteiger partial charge on any atom is -0.384 e. The highest BCUT2D eigenvalue weighted by Gasteiger charge is 2.55. The van der Waals surface area contributed by atoms with Crippen LogP contribution in [0.1, 0.15) is 61.3 Å². The van der Waals surface area contributed by atoms with Gasteiger partial charge in [0.15, 0.2) is 0 Å². The number of halogens is 4. The molecule has 1 heterocycles. The Hall–Kier alpha value is -1.44. The van der Waals surface area contributed by atoms with Crippen LogP contribution in [0.5, 0.6) is 0 Å². The molecule has 4 nitrogen and oxygen atoms in total. The van der Waals surface area contributed by atoms with Gasteiger partial charge in [0.1, 0.15) is 17.3 Å². The van der Waals surface area contributed by atoms with Crippen molar-refractivity contribution >= 4 is 39.1 Å². The van der Waals surface area contributed by atoms with Crippen molar-refractivity contribution in [2.24, 2.45) is 11.8 Å². The van der Waals surface area contributed by atoms with Crippen LogP contribution in [0.25, 0.3) is 11.3 Å². The molecule has 0 amide bonds. The van der Waals surface area contributed by atoms with Crippen LogP contribution in [0.15, 0.2) is 45.4 Å². The van der Waals surface area contributed by atoms with Gasteiger partial charge in [-0.25, -0.2) is 4.39 Å². The number of hydrogen-bond acceptors (Lipinski definition) is 4. The topological polar surface area (TPSA) is 55.5 Å². The largest absolute Gasteiger partial charge is 0.384 e. The quantitative estimate of drug-likeness (QED) is 0.321. The van der Waals surface area contributed by atoms with Crippen molar-refractivity contribution in [1.82, 2.24) is 5.16 Å². The van der Waals surface area contributed by atoms with Crippen LogP contribution < -0.4 is 0 Å². The fourth-order valence-electron chi connectivity index (χ4n) is 6.14. The van der Waals surface area contributed by atoms with Crippen LogP contribution in [0.2, 0.25) is 10.0 Å². The first kappa shape index (κ1) is 23.9. The van der Waals surface area contributed by atoms with Crippen molar-refractivity contribution < 1.29 is 18.8 Å². The van der Waals surface area contributed by atoms with Gasteiger partial charge in [0.05, 0.1) is 28.4 Å². The molecular weight excluding hydrogens is 556 g/mol. The highest BCUT2D eigenvalue weighted by atomic mass is 79.9. The number of aromatic nitrogens is 1. The van der Waals surface area contributed by atoms with E-state index in [4.69, 9.17) is 32.5 Å². The summed E-state index contributed by atoms with van der Waals surface area (Å²) in [5.41, 5.74) is 1.44. The van der Waals surface area contributed by atoms with Gasteiger partial charge in [-0.15, -0.1) is 0 Å². The molecular formula is C27H25BrCl2FNO3. The molecule has 2 unspecified atom stereocenters. The van der Waals surface area contributed by atoms with E-state index in [1.165, 1.54) is 6.07 Å². The zero-order valence-corrected chi connectivity index (χ0v) is 22.0. The molecule has 3 aliphatic rings. The fraction of sp³-hybridized carbons (Fsp3) is 0.444. The SMILES string of the molecule is OC1(c2ccc(Br)cc2F)C2CCC1CC(OCc1c(-c3c(Cl)cccc3Cl)noc1C1CC1)C2. The summed E-state index contributed by atoms with van der Waals surface area (Å²) in [4.78, 5) is 0. The van der Waals surface area contributed by atoms with E-state index in [2.05, 4.69) is 21.1 Å². The monoisotopic (exact) mass is 579 g/mol. The molecule has 0 radical (unpaired) electrons. The zero-order valence-electron chi connectivity index (χ0n) is 18.9. The molecule has 2 aromatic carbocycles. The van der Waals surface area contributed by atoms with E-state index in [-0.39, 0.29) is 23.8 Å². The van der Waals surface area contributed by atoms with Crippen molar-refractivity contribution in [3.63, 3.8) is 0 Å². The van der Waals surface area contributed by atoms with Crippen LogP contribution in [0, 0.1) is 17.7 Å². The average molecular weight is 581 g/mol. The van der Waals surface area contributed by atoms with Crippen LogP contribution >= 0.6 is 39.1 Å². The first-order valence-corrected chi connectivity index (χ1v) is 13.6. The van der Waals surface area contributed by atoms with E-state index in [9.17, 15) is 9.50 Å². The lowest BCUT2D eigenvalue weighted by Gasteiger charge is -2.43. The van der Waals surface area contributed by atoms with Crippen molar-refractivity contribution in [1.29, 1.82) is 0 Å². The first-order valence-electron chi connectivity index (χ1n) is 12.1. The third-order valence-corrected chi connectivity index (χ3v) is 9.12. The number of hydrogen-bond donors (Lipinski definition) is 1. The van der Waals surface area contributed by atoms with Gasteiger partial charge >= 0.3 is 0 Å². The number of ether oxygens (including phenoxy) is 1. The number of rotatable bonds is 6. The molecule has 0 aliphatic heterocycles. The molecule has 1 N–H and O–H groups in total. The third kappa shape index (κ3) is 4.15. The van der Waals surface area contributed by atoms with Crippen LogP contribution in [0.3, 0.4) is 0 Å². The second-order valence-electron chi connectivity index (χ2n) is 10.1. The summed E-state index contributed by atoms with van der Waals surface area (Å²) in [6.07, 6.45) is 5.16. The Kier molecular flexibility index (Phi) is 6.25. The Morgan fingerprint density at radius 3 is 2.40 bits per heavy atom.